The molecule has 0 saturated carbocycles. The summed E-state index contributed by atoms with van der Waals surface area (Å²) in [5, 5.41) is 5.69. The van der Waals surface area contributed by atoms with E-state index in [2.05, 4.69) is 34.7 Å². The molecule has 0 spiro atoms. The number of rotatable bonds is 5. The molecule has 0 fully saturated rings. The molecule has 3 nitrogen and oxygen atoms in total. The summed E-state index contributed by atoms with van der Waals surface area (Å²) in [6.45, 7) is 3.08. The summed E-state index contributed by atoms with van der Waals surface area (Å²) in [4.78, 5) is 5.52. The van der Waals surface area contributed by atoms with Gasteiger partial charge in [-0.15, -0.1) is 11.3 Å². The molecule has 0 aliphatic heterocycles. The van der Waals surface area contributed by atoms with Crippen molar-refractivity contribution in [3.63, 3.8) is 0 Å². The third-order valence-corrected chi connectivity index (χ3v) is 3.73. The maximum atomic E-state index is 4.11. The van der Waals surface area contributed by atoms with Gasteiger partial charge in [0.2, 0.25) is 0 Å². The molecule has 1 N–H and O–H groups in total. The van der Waals surface area contributed by atoms with Gasteiger partial charge >= 0.3 is 0 Å². The number of thiophene rings is 1. The first-order valence-electron chi connectivity index (χ1n) is 5.53. The molecule has 1 atom stereocenters. The van der Waals surface area contributed by atoms with Crippen LogP contribution in [0.2, 0.25) is 0 Å². The number of hydrogen-bond donors (Lipinski definition) is 1. The molecule has 16 heavy (non-hydrogen) atoms. The van der Waals surface area contributed by atoms with Gasteiger partial charge in [0.05, 0.1) is 12.0 Å². The topological polar surface area (TPSA) is 29.9 Å². The van der Waals surface area contributed by atoms with Crippen LogP contribution < -0.4 is 5.32 Å². The fourth-order valence-corrected chi connectivity index (χ4v) is 2.60. The maximum Gasteiger partial charge on any atom is 0.0945 e. The summed E-state index contributed by atoms with van der Waals surface area (Å²) in [7, 11) is 2.02. The predicted molar refractivity (Wildman–Crippen MR) is 67.4 cm³/mol. The van der Waals surface area contributed by atoms with E-state index in [4.69, 9.17) is 0 Å². The molecule has 0 amide bonds. The van der Waals surface area contributed by atoms with Crippen molar-refractivity contribution in [3.8, 4) is 0 Å². The molecule has 1 unspecified atom stereocenters. The second kappa shape index (κ2) is 5.27. The summed E-state index contributed by atoms with van der Waals surface area (Å²) in [6.07, 6.45) is 4.86. The van der Waals surface area contributed by atoms with Crippen molar-refractivity contribution in [3.05, 3.63) is 40.6 Å². The van der Waals surface area contributed by atoms with Crippen molar-refractivity contribution in [2.24, 2.45) is 7.05 Å². The number of hydrogen-bond acceptors (Lipinski definition) is 3. The van der Waals surface area contributed by atoms with Crippen LogP contribution in [0.25, 0.3) is 0 Å². The Hall–Kier alpha value is -1.13. The van der Waals surface area contributed by atoms with E-state index in [9.17, 15) is 0 Å². The van der Waals surface area contributed by atoms with E-state index in [0.29, 0.717) is 6.04 Å². The molecule has 4 heteroatoms. The van der Waals surface area contributed by atoms with E-state index in [1.165, 1.54) is 10.6 Å². The van der Waals surface area contributed by atoms with Crippen LogP contribution >= 0.6 is 11.3 Å². The quantitative estimate of drug-likeness (QED) is 0.863. The van der Waals surface area contributed by atoms with Gasteiger partial charge in [-0.2, -0.15) is 0 Å². The zero-order chi connectivity index (χ0) is 11.4. The molecule has 0 bridgehead atoms. The normalized spacial score (nSPS) is 12.9. The van der Waals surface area contributed by atoms with Crippen LogP contribution in [-0.4, -0.2) is 9.55 Å². The zero-order valence-corrected chi connectivity index (χ0v) is 10.5. The minimum Gasteiger partial charge on any atom is -0.337 e. The largest absolute Gasteiger partial charge is 0.337 e. The van der Waals surface area contributed by atoms with Gasteiger partial charge in [0, 0.05) is 30.7 Å². The van der Waals surface area contributed by atoms with E-state index in [1.807, 2.05) is 35.5 Å². The summed E-state index contributed by atoms with van der Waals surface area (Å²) in [5.74, 6) is 0. The van der Waals surface area contributed by atoms with Crippen LogP contribution in [0, 0.1) is 0 Å². The molecule has 0 radical (unpaired) electrons. The summed E-state index contributed by atoms with van der Waals surface area (Å²) in [6, 6.07) is 4.75. The van der Waals surface area contributed by atoms with Crippen molar-refractivity contribution in [2.45, 2.75) is 25.9 Å². The van der Waals surface area contributed by atoms with Crippen molar-refractivity contribution < 1.29 is 0 Å². The Morgan fingerprint density at radius 1 is 1.56 bits per heavy atom. The molecule has 2 aromatic rings. The molecular formula is C12H17N3S. The number of aromatic nitrogens is 2. The van der Waals surface area contributed by atoms with Gasteiger partial charge in [-0.1, -0.05) is 13.0 Å². The van der Waals surface area contributed by atoms with Crippen molar-refractivity contribution >= 4 is 11.3 Å². The monoisotopic (exact) mass is 235 g/mol. The van der Waals surface area contributed by atoms with Crippen LogP contribution in [0.1, 0.15) is 30.0 Å². The molecule has 0 aliphatic carbocycles. The van der Waals surface area contributed by atoms with Crippen LogP contribution in [0.3, 0.4) is 0 Å². The Bertz CT molecular complexity index is 419. The predicted octanol–water partition coefficient (Wildman–Crippen LogP) is 2.72. The molecule has 86 valence electrons. The maximum absolute atomic E-state index is 4.11. The Morgan fingerprint density at radius 2 is 2.44 bits per heavy atom. The van der Waals surface area contributed by atoms with Gasteiger partial charge in [-0.05, 0) is 17.9 Å². The SMILES string of the molecule is CCC(NCc1cncn1C)c1cccs1. The van der Waals surface area contributed by atoms with Crippen molar-refractivity contribution in [1.29, 1.82) is 0 Å². The molecule has 0 saturated heterocycles. The zero-order valence-electron chi connectivity index (χ0n) is 9.68. The molecular weight excluding hydrogens is 218 g/mol. The highest BCUT2D eigenvalue weighted by Crippen LogP contribution is 2.21. The summed E-state index contributed by atoms with van der Waals surface area (Å²) >= 11 is 1.81. The minimum absolute atomic E-state index is 0.454. The molecule has 2 rings (SSSR count). The lowest BCUT2D eigenvalue weighted by Gasteiger charge is -2.15. The average molecular weight is 235 g/mol. The summed E-state index contributed by atoms with van der Waals surface area (Å²) < 4.78 is 2.05. The van der Waals surface area contributed by atoms with Crippen LogP contribution in [-0.2, 0) is 13.6 Å². The first-order valence-corrected chi connectivity index (χ1v) is 6.41. The highest BCUT2D eigenvalue weighted by Gasteiger charge is 2.10. The number of nitrogens with one attached hydrogen (secondary N) is 1. The second-order valence-corrected chi connectivity index (χ2v) is 4.83. The Balaban J connectivity index is 1.96. The number of nitrogens with zero attached hydrogens (tertiary/aromatic N) is 2. The van der Waals surface area contributed by atoms with Crippen LogP contribution in [0.4, 0.5) is 0 Å². The van der Waals surface area contributed by atoms with Crippen LogP contribution in [0.5, 0.6) is 0 Å². The van der Waals surface area contributed by atoms with Gasteiger partial charge in [0.15, 0.2) is 0 Å². The number of aryl methyl sites for hydroxylation is 1. The standard InChI is InChI=1S/C12H17N3S/c1-3-11(12-5-4-6-16-12)14-8-10-7-13-9-15(10)2/h4-7,9,11,14H,3,8H2,1-2H3. The average Bonchev–Trinajstić information content (AvgIpc) is 2.92. The highest BCUT2D eigenvalue weighted by atomic mass is 32.1. The molecule has 0 aromatic carbocycles. The smallest absolute Gasteiger partial charge is 0.0945 e. The Labute approximate surface area is 100 Å². The van der Waals surface area contributed by atoms with Gasteiger partial charge in [0.25, 0.3) is 0 Å². The molecule has 0 aliphatic rings. The fourth-order valence-electron chi connectivity index (χ4n) is 1.72. The van der Waals surface area contributed by atoms with E-state index >= 15 is 0 Å². The fraction of sp³-hybridized carbons (Fsp3) is 0.417. The lowest BCUT2D eigenvalue weighted by molar-refractivity contribution is 0.515. The molecule has 2 aromatic heterocycles. The van der Waals surface area contributed by atoms with E-state index in [-0.39, 0.29) is 0 Å². The lowest BCUT2D eigenvalue weighted by Crippen LogP contribution is -2.20. The number of imidazole rings is 1. The Morgan fingerprint density at radius 3 is 3.00 bits per heavy atom. The first-order chi connectivity index (χ1) is 7.81. The van der Waals surface area contributed by atoms with Gasteiger partial charge < -0.3 is 9.88 Å². The van der Waals surface area contributed by atoms with Gasteiger partial charge in [-0.3, -0.25) is 0 Å². The van der Waals surface area contributed by atoms with E-state index in [1.54, 1.807) is 0 Å². The van der Waals surface area contributed by atoms with E-state index < -0.39 is 0 Å². The Kier molecular flexibility index (Phi) is 3.74. The molecule has 2 heterocycles. The third kappa shape index (κ3) is 2.51. The lowest BCUT2D eigenvalue weighted by atomic mass is 10.2. The van der Waals surface area contributed by atoms with Gasteiger partial charge in [-0.25, -0.2) is 4.98 Å². The van der Waals surface area contributed by atoms with E-state index in [0.717, 1.165) is 13.0 Å². The van der Waals surface area contributed by atoms with Crippen molar-refractivity contribution in [1.82, 2.24) is 14.9 Å². The first kappa shape index (κ1) is 11.4. The van der Waals surface area contributed by atoms with Crippen molar-refractivity contribution in [2.75, 3.05) is 0 Å². The minimum atomic E-state index is 0.454. The highest BCUT2D eigenvalue weighted by molar-refractivity contribution is 7.10. The summed E-state index contributed by atoms with van der Waals surface area (Å²) in [5.41, 5.74) is 1.22. The van der Waals surface area contributed by atoms with Crippen LogP contribution in [0.15, 0.2) is 30.0 Å². The van der Waals surface area contributed by atoms with Gasteiger partial charge in [0.1, 0.15) is 0 Å². The third-order valence-electron chi connectivity index (χ3n) is 2.74. The second-order valence-electron chi connectivity index (χ2n) is 3.85.